The molecule has 5 rings (SSSR count). The number of benzene rings is 4. The summed E-state index contributed by atoms with van der Waals surface area (Å²) in [4.78, 5) is 11.8. The Morgan fingerprint density at radius 3 is 2.39 bits per heavy atom. The Morgan fingerprint density at radius 1 is 0.921 bits per heavy atom. The molecule has 2 atom stereocenters. The van der Waals surface area contributed by atoms with Crippen molar-refractivity contribution in [2.24, 2.45) is 0 Å². The van der Waals surface area contributed by atoms with Crippen LogP contribution >= 0.6 is 0 Å². The molecule has 1 aliphatic rings. The maximum atomic E-state index is 11.8. The molecule has 1 aliphatic heterocycles. The van der Waals surface area contributed by atoms with E-state index in [9.17, 15) is 15.0 Å². The van der Waals surface area contributed by atoms with Crippen molar-refractivity contribution in [2.75, 3.05) is 19.7 Å². The first kappa shape index (κ1) is 25.5. The number of hydrogen-bond donors (Lipinski definition) is 3. The number of rotatable bonds is 10. The van der Waals surface area contributed by atoms with Gasteiger partial charge in [-0.05, 0) is 77.1 Å². The fourth-order valence-corrected chi connectivity index (χ4v) is 4.71. The molecular weight excluding hydrogens is 478 g/mol. The Hall–Kier alpha value is -4.13. The Kier molecular flexibility index (Phi) is 8.02. The van der Waals surface area contributed by atoms with Gasteiger partial charge in [-0.2, -0.15) is 0 Å². The quantitative estimate of drug-likeness (QED) is 0.264. The average molecular weight is 510 g/mol. The number of ether oxygens (including phenoxy) is 2. The van der Waals surface area contributed by atoms with Gasteiger partial charge in [0.15, 0.2) is 0 Å². The van der Waals surface area contributed by atoms with E-state index in [0.29, 0.717) is 18.7 Å². The van der Waals surface area contributed by atoms with Crippen LogP contribution in [0.25, 0.3) is 22.3 Å². The largest absolute Gasteiger partial charge is 0.491 e. The fourth-order valence-electron chi connectivity index (χ4n) is 4.71. The highest BCUT2D eigenvalue weighted by molar-refractivity contribution is 5.97. The first-order valence-corrected chi connectivity index (χ1v) is 12.9. The lowest BCUT2D eigenvalue weighted by atomic mass is 9.92. The van der Waals surface area contributed by atoms with Gasteiger partial charge in [0, 0.05) is 13.1 Å². The normalized spacial score (nSPS) is 15.2. The zero-order valence-electron chi connectivity index (χ0n) is 21.0. The molecule has 3 N–H and O–H groups in total. The van der Waals surface area contributed by atoms with Crippen LogP contribution in [0.1, 0.15) is 22.3 Å². The number of carboxylic acids is 1. The molecule has 0 amide bonds. The lowest BCUT2D eigenvalue weighted by Gasteiger charge is -2.27. The van der Waals surface area contributed by atoms with Crippen molar-refractivity contribution in [1.29, 1.82) is 0 Å². The van der Waals surface area contributed by atoms with Gasteiger partial charge in [0.1, 0.15) is 30.3 Å². The lowest BCUT2D eigenvalue weighted by Crippen LogP contribution is -2.39. The third kappa shape index (κ3) is 6.22. The lowest BCUT2D eigenvalue weighted by molar-refractivity contribution is 0.0697. The third-order valence-electron chi connectivity index (χ3n) is 6.70. The summed E-state index contributed by atoms with van der Waals surface area (Å²) in [5.74, 6) is 0.669. The van der Waals surface area contributed by atoms with Crippen LogP contribution < -0.4 is 14.8 Å². The second-order valence-corrected chi connectivity index (χ2v) is 9.47. The highest BCUT2D eigenvalue weighted by Crippen LogP contribution is 2.34. The van der Waals surface area contributed by atoms with Gasteiger partial charge in [-0.3, -0.25) is 0 Å². The van der Waals surface area contributed by atoms with Crippen LogP contribution in [-0.4, -0.2) is 48.1 Å². The zero-order chi connectivity index (χ0) is 26.3. The van der Waals surface area contributed by atoms with Crippen LogP contribution in [0.4, 0.5) is 0 Å². The van der Waals surface area contributed by atoms with Crippen LogP contribution in [0.2, 0.25) is 0 Å². The minimum absolute atomic E-state index is 0.0233. The molecule has 194 valence electrons. The van der Waals surface area contributed by atoms with Crippen molar-refractivity contribution in [3.63, 3.8) is 0 Å². The summed E-state index contributed by atoms with van der Waals surface area (Å²) in [6, 6.07) is 30.7. The van der Waals surface area contributed by atoms with E-state index in [1.165, 1.54) is 0 Å². The SMILES string of the molecule is O=C(O)c1ccc(-c2ccc3c(c2)CCC(CNCC(O)COc2ccccc2)O3)cc1-c1ccccc1. The number of carboxylic acid groups (broad SMARTS) is 1. The Balaban J connectivity index is 1.20. The summed E-state index contributed by atoms with van der Waals surface area (Å²) >= 11 is 0. The topological polar surface area (TPSA) is 88.0 Å². The molecule has 6 heteroatoms. The summed E-state index contributed by atoms with van der Waals surface area (Å²) in [5.41, 5.74) is 4.99. The molecular formula is C32H31NO5. The number of fused-ring (bicyclic) bond motifs is 1. The van der Waals surface area contributed by atoms with Crippen LogP contribution in [0.3, 0.4) is 0 Å². The first-order chi connectivity index (χ1) is 18.6. The van der Waals surface area contributed by atoms with E-state index >= 15 is 0 Å². The molecule has 0 aromatic heterocycles. The van der Waals surface area contributed by atoms with Gasteiger partial charge < -0.3 is 25.0 Å². The number of aryl methyl sites for hydroxylation is 1. The summed E-state index contributed by atoms with van der Waals surface area (Å²) in [6.45, 7) is 1.29. The molecule has 6 nitrogen and oxygen atoms in total. The van der Waals surface area contributed by atoms with E-state index in [1.54, 1.807) is 6.07 Å². The van der Waals surface area contributed by atoms with Crippen molar-refractivity contribution in [3.05, 3.63) is 108 Å². The minimum Gasteiger partial charge on any atom is -0.491 e. The molecule has 38 heavy (non-hydrogen) atoms. The maximum Gasteiger partial charge on any atom is 0.336 e. The van der Waals surface area contributed by atoms with E-state index < -0.39 is 12.1 Å². The molecule has 1 heterocycles. The first-order valence-electron chi connectivity index (χ1n) is 12.9. The zero-order valence-corrected chi connectivity index (χ0v) is 21.0. The number of nitrogens with one attached hydrogen (secondary N) is 1. The van der Waals surface area contributed by atoms with Crippen LogP contribution in [0, 0.1) is 0 Å². The third-order valence-corrected chi connectivity index (χ3v) is 6.70. The van der Waals surface area contributed by atoms with E-state index in [-0.39, 0.29) is 18.3 Å². The van der Waals surface area contributed by atoms with Gasteiger partial charge in [0.25, 0.3) is 0 Å². The highest BCUT2D eigenvalue weighted by Gasteiger charge is 2.21. The molecule has 2 unspecified atom stereocenters. The fraction of sp³-hybridized carbons (Fsp3) is 0.219. The number of hydrogen-bond acceptors (Lipinski definition) is 5. The number of aliphatic hydroxyl groups excluding tert-OH is 1. The summed E-state index contributed by atoms with van der Waals surface area (Å²) in [5, 5.41) is 23.2. The molecule has 0 aliphatic carbocycles. The predicted octanol–water partition coefficient (Wildman–Crippen LogP) is 5.44. The number of aromatic carboxylic acids is 1. The number of carbonyl (C=O) groups is 1. The van der Waals surface area contributed by atoms with Crippen molar-refractivity contribution in [2.45, 2.75) is 25.0 Å². The highest BCUT2D eigenvalue weighted by atomic mass is 16.5. The van der Waals surface area contributed by atoms with Crippen LogP contribution in [0.5, 0.6) is 11.5 Å². The smallest absolute Gasteiger partial charge is 0.336 e. The van der Waals surface area contributed by atoms with Crippen molar-refractivity contribution >= 4 is 5.97 Å². The maximum absolute atomic E-state index is 11.8. The van der Waals surface area contributed by atoms with Gasteiger partial charge in [-0.25, -0.2) is 4.79 Å². The van der Waals surface area contributed by atoms with Gasteiger partial charge in [-0.15, -0.1) is 0 Å². The molecule has 0 fully saturated rings. The summed E-state index contributed by atoms with van der Waals surface area (Å²) in [6.07, 6.45) is 1.17. The number of para-hydroxylation sites is 1. The predicted molar refractivity (Wildman–Crippen MR) is 148 cm³/mol. The van der Waals surface area contributed by atoms with Gasteiger partial charge in [-0.1, -0.05) is 60.7 Å². The molecule has 0 saturated carbocycles. The second-order valence-electron chi connectivity index (χ2n) is 9.47. The van der Waals surface area contributed by atoms with E-state index in [2.05, 4.69) is 11.4 Å². The standard InChI is InChI=1S/C32H31NO5/c34-26(21-37-27-9-5-2-6-10-27)19-33-20-28-14-11-25-17-23(13-16-31(25)38-28)24-12-15-29(32(35)36)30(18-24)22-7-3-1-4-8-22/h1-10,12-13,15-18,26,28,33-34H,11,14,19-21H2,(H,35,36). The van der Waals surface area contributed by atoms with Gasteiger partial charge >= 0.3 is 5.97 Å². The van der Waals surface area contributed by atoms with Gasteiger partial charge in [0.2, 0.25) is 0 Å². The van der Waals surface area contributed by atoms with Gasteiger partial charge in [0.05, 0.1) is 5.56 Å². The molecule has 0 saturated heterocycles. The monoisotopic (exact) mass is 509 g/mol. The average Bonchev–Trinajstić information content (AvgIpc) is 2.96. The van der Waals surface area contributed by atoms with E-state index in [0.717, 1.165) is 46.6 Å². The molecule has 4 aromatic rings. The van der Waals surface area contributed by atoms with Crippen LogP contribution in [-0.2, 0) is 6.42 Å². The van der Waals surface area contributed by atoms with E-state index in [1.807, 2.05) is 84.9 Å². The minimum atomic E-state index is -0.940. The molecule has 0 radical (unpaired) electrons. The van der Waals surface area contributed by atoms with Crippen molar-refractivity contribution in [3.8, 4) is 33.8 Å². The molecule has 0 bridgehead atoms. The summed E-state index contributed by atoms with van der Waals surface area (Å²) in [7, 11) is 0. The Morgan fingerprint density at radius 2 is 1.63 bits per heavy atom. The molecule has 0 spiro atoms. The van der Waals surface area contributed by atoms with Crippen LogP contribution in [0.15, 0.2) is 97.1 Å². The number of aliphatic hydroxyl groups is 1. The van der Waals surface area contributed by atoms with Crippen molar-refractivity contribution < 1.29 is 24.5 Å². The molecule has 4 aromatic carbocycles. The van der Waals surface area contributed by atoms with Crippen molar-refractivity contribution in [1.82, 2.24) is 5.32 Å². The Labute approximate surface area is 222 Å². The second kappa shape index (κ2) is 11.9. The summed E-state index contributed by atoms with van der Waals surface area (Å²) < 4.78 is 11.8. The Bertz CT molecular complexity index is 1370. The van der Waals surface area contributed by atoms with E-state index in [4.69, 9.17) is 9.47 Å².